The van der Waals surface area contributed by atoms with Crippen LogP contribution < -0.4 is 5.84 Å². The van der Waals surface area contributed by atoms with Crippen molar-refractivity contribution in [2.45, 2.75) is 17.8 Å². The molecule has 0 aliphatic rings. The molecule has 0 saturated carbocycles. The number of aromatic nitrogens is 4. The molecule has 2 aromatic heterocycles. The Labute approximate surface area is 170 Å². The maximum absolute atomic E-state index is 6.19. The Kier molecular flexibility index (Phi) is 5.15. The third kappa shape index (κ3) is 4.00. The summed E-state index contributed by atoms with van der Waals surface area (Å²) >= 11 is 9.07. The number of halogens is 1. The largest absolute Gasteiger partial charge is 0.335 e. The number of thioether (sulfide) groups is 1. The zero-order valence-electron chi connectivity index (χ0n) is 14.5. The average molecular weight is 414 g/mol. The lowest BCUT2D eigenvalue weighted by atomic mass is 10.1. The fourth-order valence-corrected chi connectivity index (χ4v) is 4.32. The zero-order chi connectivity index (χ0) is 18.8. The van der Waals surface area contributed by atoms with Crippen molar-refractivity contribution in [2.24, 2.45) is 0 Å². The van der Waals surface area contributed by atoms with Crippen LogP contribution in [0, 0.1) is 6.92 Å². The maximum atomic E-state index is 6.19. The lowest BCUT2D eigenvalue weighted by molar-refractivity contribution is 0.849. The van der Waals surface area contributed by atoms with Gasteiger partial charge in [0, 0.05) is 27.3 Å². The fraction of sp³-hybridized carbons (Fsp3) is 0.105. The highest BCUT2D eigenvalue weighted by atomic mass is 35.5. The molecule has 0 atom stereocenters. The number of benzene rings is 2. The minimum absolute atomic E-state index is 0.651. The van der Waals surface area contributed by atoms with Crippen LogP contribution in [0.1, 0.15) is 11.3 Å². The van der Waals surface area contributed by atoms with E-state index in [4.69, 9.17) is 17.4 Å². The smallest absolute Gasteiger partial charge is 0.210 e. The Bertz CT molecular complexity index is 1050. The van der Waals surface area contributed by atoms with Crippen LogP contribution in [0.3, 0.4) is 0 Å². The van der Waals surface area contributed by atoms with Crippen LogP contribution in [0.4, 0.5) is 0 Å². The molecule has 0 aliphatic heterocycles. The lowest BCUT2D eigenvalue weighted by Gasteiger charge is -2.03. The van der Waals surface area contributed by atoms with Gasteiger partial charge in [-0.05, 0) is 19.1 Å². The molecule has 2 heterocycles. The number of rotatable bonds is 5. The van der Waals surface area contributed by atoms with E-state index in [2.05, 4.69) is 20.6 Å². The Hall–Kier alpha value is -2.35. The molecule has 27 heavy (non-hydrogen) atoms. The highest BCUT2D eigenvalue weighted by Crippen LogP contribution is 2.29. The monoisotopic (exact) mass is 413 g/mol. The van der Waals surface area contributed by atoms with Crippen molar-refractivity contribution in [3.63, 3.8) is 0 Å². The minimum Gasteiger partial charge on any atom is -0.335 e. The average Bonchev–Trinajstić information content (AvgIpc) is 3.28. The number of nitrogens with zero attached hydrogens (tertiary/aromatic N) is 4. The van der Waals surface area contributed by atoms with E-state index in [1.165, 1.54) is 22.0 Å². The van der Waals surface area contributed by atoms with Crippen LogP contribution in [-0.2, 0) is 5.75 Å². The molecule has 0 radical (unpaired) electrons. The SMILES string of the molecule is Cc1ccc(-c2nnc(SCc3csc(-c4ccc(Cl)cc4)n3)n2N)cc1. The first kappa shape index (κ1) is 18.0. The van der Waals surface area contributed by atoms with E-state index in [-0.39, 0.29) is 0 Å². The van der Waals surface area contributed by atoms with E-state index in [0.717, 1.165) is 26.9 Å². The Balaban J connectivity index is 1.46. The van der Waals surface area contributed by atoms with Gasteiger partial charge in [-0.2, -0.15) is 0 Å². The molecule has 0 amide bonds. The van der Waals surface area contributed by atoms with Crippen LogP contribution in [0.25, 0.3) is 22.0 Å². The quantitative estimate of drug-likeness (QED) is 0.366. The molecule has 0 saturated heterocycles. The van der Waals surface area contributed by atoms with Crippen LogP contribution in [0.15, 0.2) is 59.1 Å². The highest BCUT2D eigenvalue weighted by molar-refractivity contribution is 7.98. The van der Waals surface area contributed by atoms with Crippen molar-refractivity contribution >= 4 is 34.7 Å². The summed E-state index contributed by atoms with van der Waals surface area (Å²) in [7, 11) is 0. The van der Waals surface area contributed by atoms with Crippen LogP contribution >= 0.6 is 34.7 Å². The van der Waals surface area contributed by atoms with Crippen molar-refractivity contribution < 1.29 is 0 Å². The first-order valence-corrected chi connectivity index (χ1v) is 10.4. The summed E-state index contributed by atoms with van der Waals surface area (Å²) in [6, 6.07) is 15.7. The number of hydrogen-bond donors (Lipinski definition) is 1. The van der Waals surface area contributed by atoms with Gasteiger partial charge in [-0.1, -0.05) is 65.3 Å². The van der Waals surface area contributed by atoms with E-state index >= 15 is 0 Å². The molecule has 0 fully saturated rings. The predicted molar refractivity (Wildman–Crippen MR) is 112 cm³/mol. The normalized spacial score (nSPS) is 11.0. The summed E-state index contributed by atoms with van der Waals surface area (Å²) in [6.45, 7) is 2.05. The minimum atomic E-state index is 0.651. The van der Waals surface area contributed by atoms with Crippen LogP contribution in [-0.4, -0.2) is 19.9 Å². The number of aryl methyl sites for hydroxylation is 1. The molecular weight excluding hydrogens is 398 g/mol. The molecule has 5 nitrogen and oxygen atoms in total. The van der Waals surface area contributed by atoms with E-state index in [9.17, 15) is 0 Å². The van der Waals surface area contributed by atoms with Crippen molar-refractivity contribution in [2.75, 3.05) is 5.84 Å². The first-order chi connectivity index (χ1) is 13.1. The molecule has 4 rings (SSSR count). The molecule has 8 heteroatoms. The van der Waals surface area contributed by atoms with Gasteiger partial charge in [-0.3, -0.25) is 0 Å². The molecule has 136 valence electrons. The van der Waals surface area contributed by atoms with Gasteiger partial charge in [0.15, 0.2) is 5.82 Å². The zero-order valence-corrected chi connectivity index (χ0v) is 16.9. The third-order valence-corrected chi connectivity index (χ3v) is 6.14. The second kappa shape index (κ2) is 7.72. The van der Waals surface area contributed by atoms with Gasteiger partial charge in [0.25, 0.3) is 0 Å². The van der Waals surface area contributed by atoms with Gasteiger partial charge >= 0.3 is 0 Å². The Morgan fingerprint density at radius 2 is 1.74 bits per heavy atom. The van der Waals surface area contributed by atoms with Gasteiger partial charge < -0.3 is 5.84 Å². The third-order valence-electron chi connectivity index (χ3n) is 3.97. The predicted octanol–water partition coefficient (Wildman–Crippen LogP) is 5.04. The van der Waals surface area contributed by atoms with Crippen LogP contribution in [0.2, 0.25) is 5.02 Å². The van der Waals surface area contributed by atoms with E-state index in [1.54, 1.807) is 11.3 Å². The van der Waals surface area contributed by atoms with Crippen LogP contribution in [0.5, 0.6) is 0 Å². The van der Waals surface area contributed by atoms with Crippen molar-refractivity contribution in [1.29, 1.82) is 0 Å². The molecule has 2 aromatic carbocycles. The first-order valence-electron chi connectivity index (χ1n) is 8.21. The number of hydrogen-bond acceptors (Lipinski definition) is 6. The maximum Gasteiger partial charge on any atom is 0.210 e. The fourth-order valence-electron chi connectivity index (χ4n) is 2.51. The van der Waals surface area contributed by atoms with Gasteiger partial charge in [0.2, 0.25) is 5.16 Å². The second-order valence-corrected chi connectivity index (χ2v) is 8.22. The molecule has 0 spiro atoms. The van der Waals surface area contributed by atoms with Gasteiger partial charge in [0.05, 0.1) is 5.69 Å². The van der Waals surface area contributed by atoms with Gasteiger partial charge in [-0.25, -0.2) is 9.66 Å². The second-order valence-electron chi connectivity index (χ2n) is 5.98. The lowest BCUT2D eigenvalue weighted by Crippen LogP contribution is -2.11. The number of nitrogen functional groups attached to an aromatic ring is 1. The van der Waals surface area contributed by atoms with E-state index in [0.29, 0.717) is 16.7 Å². The molecule has 0 unspecified atom stereocenters. The molecule has 4 aromatic rings. The summed E-state index contributed by atoms with van der Waals surface area (Å²) in [5.74, 6) is 7.51. The van der Waals surface area contributed by atoms with E-state index in [1.807, 2.05) is 55.5 Å². The van der Waals surface area contributed by atoms with Gasteiger partial charge in [-0.15, -0.1) is 21.5 Å². The number of thiazole rings is 1. The molecular formula is C19H16ClN5S2. The highest BCUT2D eigenvalue weighted by Gasteiger charge is 2.13. The summed E-state index contributed by atoms with van der Waals surface area (Å²) < 4.78 is 1.53. The molecule has 0 aliphatic carbocycles. The van der Waals surface area contributed by atoms with E-state index < -0.39 is 0 Å². The standard InChI is InChI=1S/C19H16ClN5S2/c1-12-2-4-13(5-3-12)17-23-24-19(25(17)21)27-11-16-10-26-18(22-16)14-6-8-15(20)9-7-14/h2-10H,11,21H2,1H3. The Morgan fingerprint density at radius 1 is 1.04 bits per heavy atom. The van der Waals surface area contributed by atoms with Gasteiger partial charge in [0.1, 0.15) is 5.01 Å². The summed E-state index contributed by atoms with van der Waals surface area (Å²) in [6.07, 6.45) is 0. The summed E-state index contributed by atoms with van der Waals surface area (Å²) in [5, 5.41) is 12.8. The molecule has 2 N–H and O–H groups in total. The summed E-state index contributed by atoms with van der Waals surface area (Å²) in [4.78, 5) is 4.69. The van der Waals surface area contributed by atoms with Crippen molar-refractivity contribution in [1.82, 2.24) is 19.9 Å². The summed E-state index contributed by atoms with van der Waals surface area (Å²) in [5.41, 5.74) is 4.18. The number of nitrogens with two attached hydrogens (primary N) is 1. The van der Waals surface area contributed by atoms with Crippen molar-refractivity contribution in [3.05, 3.63) is 70.2 Å². The Morgan fingerprint density at radius 3 is 2.48 bits per heavy atom. The topological polar surface area (TPSA) is 69.6 Å². The van der Waals surface area contributed by atoms with Crippen molar-refractivity contribution in [3.8, 4) is 22.0 Å². The molecule has 0 bridgehead atoms.